The van der Waals surface area contributed by atoms with Gasteiger partial charge in [0.2, 0.25) is 5.69 Å². The number of benzene rings is 2. The van der Waals surface area contributed by atoms with E-state index >= 15 is 0 Å². The van der Waals surface area contributed by atoms with Gasteiger partial charge in [-0.05, 0) is 48.2 Å². The number of aromatic nitrogens is 1. The summed E-state index contributed by atoms with van der Waals surface area (Å²) in [5.41, 5.74) is 4.24. The zero-order valence-corrected chi connectivity index (χ0v) is 15.3. The molecule has 0 fully saturated rings. The van der Waals surface area contributed by atoms with Crippen LogP contribution in [-0.2, 0) is 7.05 Å². The predicted octanol–water partition coefficient (Wildman–Crippen LogP) is 5.69. The van der Waals surface area contributed by atoms with Crippen LogP contribution >= 0.6 is 0 Å². The van der Waals surface area contributed by atoms with Crippen LogP contribution in [0, 0.1) is 25.2 Å². The quantitative estimate of drug-likeness (QED) is 0.430. The number of furan rings is 1. The summed E-state index contributed by atoms with van der Waals surface area (Å²) in [7, 11) is 1.80. The molecule has 0 spiro atoms. The minimum absolute atomic E-state index is 0.111. The normalized spacial score (nSPS) is 16.6. The number of nitrogens with zero attached hydrogens (tertiary/aromatic N) is 2. The molecule has 0 amide bonds. The second-order valence-electron chi connectivity index (χ2n) is 6.76. The van der Waals surface area contributed by atoms with Crippen molar-refractivity contribution in [2.45, 2.75) is 33.4 Å². The highest BCUT2D eigenvalue weighted by molar-refractivity contribution is 6.12. The van der Waals surface area contributed by atoms with Gasteiger partial charge in [-0.15, -0.1) is 0 Å². The third-order valence-corrected chi connectivity index (χ3v) is 5.07. The number of rotatable bonds is 2. The number of pyridine rings is 1. The minimum Gasteiger partial charge on any atom is -0.456 e. The van der Waals surface area contributed by atoms with E-state index in [4.69, 9.17) is 14.0 Å². The number of aryl methyl sites for hydroxylation is 2. The highest BCUT2D eigenvalue weighted by Gasteiger charge is 2.23. The van der Waals surface area contributed by atoms with Gasteiger partial charge in [0.25, 0.3) is 0 Å². The molecule has 0 atom stereocenters. The summed E-state index contributed by atoms with van der Waals surface area (Å²) in [6.45, 7) is -2.55. The Labute approximate surface area is 169 Å². The first kappa shape index (κ1) is 10.9. The van der Waals surface area contributed by atoms with Gasteiger partial charge < -0.3 is 4.42 Å². The fourth-order valence-corrected chi connectivity index (χ4v) is 3.55. The summed E-state index contributed by atoms with van der Waals surface area (Å²) >= 11 is 0. The maximum atomic E-state index is 9.39. The van der Waals surface area contributed by atoms with Gasteiger partial charge in [0, 0.05) is 39.4 Å². The second-order valence-corrected chi connectivity index (χ2v) is 6.76. The molecule has 2 aromatic carbocycles. The fraction of sp³-hybridized carbons (Fsp3) is 0.250. The van der Waals surface area contributed by atoms with Crippen LogP contribution in [0.15, 0.2) is 46.9 Å². The van der Waals surface area contributed by atoms with Crippen molar-refractivity contribution in [1.29, 1.82) is 5.26 Å². The van der Waals surface area contributed by atoms with Crippen molar-refractivity contribution >= 4 is 21.9 Å². The minimum atomic E-state index is -3.09. The molecule has 2 heterocycles. The summed E-state index contributed by atoms with van der Waals surface area (Å²) in [4.78, 5) is 0. The molecule has 3 nitrogen and oxygen atoms in total. The standard InChI is InChI=1S/C24H23N2O/c1-14(2)18-10-16(4)26(5)20(12-18)23-15(3)6-8-22-24(23)19-11-17(13-25)7-9-21(19)27-22/h6-12,14H,1-5H3/q+1/i1D3,2D3,14D. The van der Waals surface area contributed by atoms with Crippen LogP contribution in [0.4, 0.5) is 0 Å². The van der Waals surface area contributed by atoms with Gasteiger partial charge in [0.05, 0.1) is 17.2 Å². The van der Waals surface area contributed by atoms with Gasteiger partial charge in [-0.2, -0.15) is 9.83 Å². The van der Waals surface area contributed by atoms with E-state index in [2.05, 4.69) is 6.07 Å². The summed E-state index contributed by atoms with van der Waals surface area (Å²) in [6, 6.07) is 13.9. The Morgan fingerprint density at radius 2 is 1.89 bits per heavy atom. The number of hydrogen-bond donors (Lipinski definition) is 0. The molecule has 0 unspecified atom stereocenters. The van der Waals surface area contributed by atoms with Gasteiger partial charge in [0.15, 0.2) is 5.69 Å². The molecule has 2 aromatic heterocycles. The van der Waals surface area contributed by atoms with Gasteiger partial charge >= 0.3 is 0 Å². The number of nitriles is 1. The molecular weight excluding hydrogens is 332 g/mol. The molecule has 0 saturated heterocycles. The van der Waals surface area contributed by atoms with Gasteiger partial charge in [-0.3, -0.25) is 0 Å². The first-order valence-corrected chi connectivity index (χ1v) is 8.58. The summed E-state index contributed by atoms with van der Waals surface area (Å²) in [5, 5.41) is 10.9. The smallest absolute Gasteiger partial charge is 0.213 e. The van der Waals surface area contributed by atoms with Crippen molar-refractivity contribution in [3.05, 3.63) is 64.8 Å². The highest BCUT2D eigenvalue weighted by atomic mass is 16.3. The fourth-order valence-electron chi connectivity index (χ4n) is 3.55. The monoisotopic (exact) mass is 362 g/mol. The Bertz CT molecular complexity index is 1480. The lowest BCUT2D eigenvalue weighted by Crippen LogP contribution is -2.35. The molecule has 0 aliphatic heterocycles. The molecule has 27 heavy (non-hydrogen) atoms. The summed E-state index contributed by atoms with van der Waals surface area (Å²) in [5.74, 6) is -2.82. The Balaban J connectivity index is 2.14. The number of fused-ring (bicyclic) bond motifs is 3. The van der Waals surface area contributed by atoms with E-state index < -0.39 is 19.6 Å². The highest BCUT2D eigenvalue weighted by Crippen LogP contribution is 2.38. The van der Waals surface area contributed by atoms with E-state index in [0.29, 0.717) is 28.1 Å². The molecule has 0 aliphatic rings. The maximum absolute atomic E-state index is 9.39. The van der Waals surface area contributed by atoms with E-state index in [0.717, 1.165) is 21.9 Å². The van der Waals surface area contributed by atoms with Crippen molar-refractivity contribution < 1.29 is 18.6 Å². The van der Waals surface area contributed by atoms with Crippen LogP contribution in [-0.4, -0.2) is 0 Å². The zero-order chi connectivity index (χ0) is 25.2. The largest absolute Gasteiger partial charge is 0.456 e. The summed E-state index contributed by atoms with van der Waals surface area (Å²) < 4.78 is 64.0. The Kier molecular flexibility index (Phi) is 2.52. The maximum Gasteiger partial charge on any atom is 0.213 e. The molecule has 134 valence electrons. The van der Waals surface area contributed by atoms with Crippen molar-refractivity contribution in [3.63, 3.8) is 0 Å². The van der Waals surface area contributed by atoms with Crippen LogP contribution < -0.4 is 4.57 Å². The molecule has 3 heteroatoms. The van der Waals surface area contributed by atoms with E-state index in [1.165, 1.54) is 12.1 Å². The third kappa shape index (κ3) is 2.69. The lowest BCUT2D eigenvalue weighted by Gasteiger charge is -2.12. The lowest BCUT2D eigenvalue weighted by atomic mass is 9.94. The molecule has 4 aromatic rings. The summed E-state index contributed by atoms with van der Waals surface area (Å²) in [6.07, 6.45) is 0. The molecule has 0 bridgehead atoms. The van der Waals surface area contributed by atoms with Crippen molar-refractivity contribution in [2.75, 3.05) is 0 Å². The van der Waals surface area contributed by atoms with Gasteiger partial charge in [0.1, 0.15) is 18.2 Å². The zero-order valence-electron chi connectivity index (χ0n) is 22.3. The number of hydrogen-bond acceptors (Lipinski definition) is 2. The van der Waals surface area contributed by atoms with Crippen LogP contribution in [0.2, 0.25) is 0 Å². The van der Waals surface area contributed by atoms with Crippen LogP contribution in [0.1, 0.15) is 51.6 Å². The molecule has 4 rings (SSSR count). The Morgan fingerprint density at radius 3 is 2.63 bits per heavy atom. The average molecular weight is 363 g/mol. The van der Waals surface area contributed by atoms with Gasteiger partial charge in [-0.1, -0.05) is 19.8 Å². The molecule has 0 saturated carbocycles. The lowest BCUT2D eigenvalue weighted by molar-refractivity contribution is -0.666. The predicted molar refractivity (Wildman–Crippen MR) is 109 cm³/mol. The molecule has 0 aliphatic carbocycles. The van der Waals surface area contributed by atoms with E-state index in [-0.39, 0.29) is 5.56 Å². The SMILES string of the molecule is [2H]C([2H])([2H])C([2H])(c1cc(C)[n+](C)c(-c2c(C)ccc3oc4ccc(C#N)cc4c23)c1)C([2H])([2H])[2H]. The Hall–Kier alpha value is -3.12. The molecule has 0 radical (unpaired) electrons. The topological polar surface area (TPSA) is 40.8 Å². The average Bonchev–Trinajstić information content (AvgIpc) is 3.11. The molecular formula is C24H23N2O+. The van der Waals surface area contributed by atoms with Crippen molar-refractivity contribution in [1.82, 2.24) is 0 Å². The van der Waals surface area contributed by atoms with E-state index in [1.54, 1.807) is 32.2 Å². The van der Waals surface area contributed by atoms with Crippen LogP contribution in [0.5, 0.6) is 0 Å². The van der Waals surface area contributed by atoms with Gasteiger partial charge in [-0.25, -0.2) is 0 Å². The Morgan fingerprint density at radius 1 is 1.11 bits per heavy atom. The van der Waals surface area contributed by atoms with E-state index in [9.17, 15) is 5.26 Å². The molecule has 0 N–H and O–H groups in total. The third-order valence-electron chi connectivity index (χ3n) is 5.07. The van der Waals surface area contributed by atoms with Crippen molar-refractivity contribution in [2.24, 2.45) is 7.05 Å². The van der Waals surface area contributed by atoms with E-state index in [1.807, 2.05) is 23.6 Å². The van der Waals surface area contributed by atoms with Crippen LogP contribution in [0.25, 0.3) is 33.2 Å². The first-order valence-electron chi connectivity index (χ1n) is 12.1. The van der Waals surface area contributed by atoms with Crippen LogP contribution in [0.3, 0.4) is 0 Å². The first-order chi connectivity index (χ1) is 15.7. The van der Waals surface area contributed by atoms with Crippen molar-refractivity contribution in [3.8, 4) is 17.3 Å². The second kappa shape index (κ2) is 6.25.